The summed E-state index contributed by atoms with van der Waals surface area (Å²) in [5.74, 6) is 0.964. The minimum absolute atomic E-state index is 0.0563. The van der Waals surface area contributed by atoms with Gasteiger partial charge >= 0.3 is 0 Å². The number of hydrogen-bond acceptors (Lipinski definition) is 5. The summed E-state index contributed by atoms with van der Waals surface area (Å²) >= 11 is 0. The minimum atomic E-state index is -0.296. The Morgan fingerprint density at radius 2 is 1.80 bits per heavy atom. The summed E-state index contributed by atoms with van der Waals surface area (Å²) in [5.41, 5.74) is 1.93. The molecule has 2 aromatic carbocycles. The minimum Gasteiger partial charge on any atom is -0.420 e. The number of hydrogen-bond donors (Lipinski definition) is 1. The molecule has 7 heteroatoms. The SMILES string of the molecule is O=C(CN1CCC(c2nnc(-c3ccc(F)cc3)o2)CC1)NCCc1ccccc1. The first-order chi connectivity index (χ1) is 14.7. The highest BCUT2D eigenvalue weighted by Crippen LogP contribution is 2.29. The van der Waals surface area contributed by atoms with Crippen LogP contribution in [0.2, 0.25) is 0 Å². The number of nitrogens with one attached hydrogen (secondary N) is 1. The molecule has 0 saturated carbocycles. The number of piperidine rings is 1. The van der Waals surface area contributed by atoms with E-state index in [0.29, 0.717) is 30.4 Å². The van der Waals surface area contributed by atoms with Crippen LogP contribution in [0.15, 0.2) is 59.0 Å². The lowest BCUT2D eigenvalue weighted by Crippen LogP contribution is -2.41. The van der Waals surface area contributed by atoms with E-state index in [1.807, 2.05) is 18.2 Å². The molecular weight excluding hydrogens is 383 g/mol. The Labute approximate surface area is 175 Å². The zero-order valence-electron chi connectivity index (χ0n) is 16.8. The Morgan fingerprint density at radius 3 is 2.53 bits per heavy atom. The largest absolute Gasteiger partial charge is 0.420 e. The maximum Gasteiger partial charge on any atom is 0.247 e. The van der Waals surface area contributed by atoms with E-state index in [-0.39, 0.29) is 17.6 Å². The van der Waals surface area contributed by atoms with Gasteiger partial charge in [0.25, 0.3) is 0 Å². The summed E-state index contributed by atoms with van der Waals surface area (Å²) in [6.45, 7) is 2.68. The number of benzene rings is 2. The van der Waals surface area contributed by atoms with E-state index >= 15 is 0 Å². The first kappa shape index (κ1) is 20.2. The van der Waals surface area contributed by atoms with Gasteiger partial charge < -0.3 is 9.73 Å². The van der Waals surface area contributed by atoms with Gasteiger partial charge in [-0.2, -0.15) is 0 Å². The molecule has 0 bridgehead atoms. The zero-order chi connectivity index (χ0) is 20.8. The lowest BCUT2D eigenvalue weighted by atomic mass is 9.97. The Bertz CT molecular complexity index is 951. The molecule has 3 aromatic rings. The van der Waals surface area contributed by atoms with Crippen molar-refractivity contribution in [2.45, 2.75) is 25.2 Å². The second-order valence-corrected chi connectivity index (χ2v) is 7.59. The van der Waals surface area contributed by atoms with Crippen molar-refractivity contribution in [3.8, 4) is 11.5 Å². The van der Waals surface area contributed by atoms with Crippen LogP contribution in [0.3, 0.4) is 0 Å². The van der Waals surface area contributed by atoms with Crippen LogP contribution < -0.4 is 5.32 Å². The Balaban J connectivity index is 1.21. The summed E-state index contributed by atoms with van der Waals surface area (Å²) in [6, 6.07) is 16.2. The summed E-state index contributed by atoms with van der Waals surface area (Å²) in [7, 11) is 0. The van der Waals surface area contributed by atoms with E-state index in [1.54, 1.807) is 12.1 Å². The molecule has 1 amide bonds. The summed E-state index contributed by atoms with van der Waals surface area (Å²) in [6.07, 6.45) is 2.56. The lowest BCUT2D eigenvalue weighted by molar-refractivity contribution is -0.122. The molecule has 1 aliphatic rings. The molecule has 0 aliphatic carbocycles. The van der Waals surface area contributed by atoms with Gasteiger partial charge in [-0.3, -0.25) is 9.69 Å². The highest BCUT2D eigenvalue weighted by atomic mass is 19.1. The molecule has 0 atom stereocenters. The van der Waals surface area contributed by atoms with Gasteiger partial charge in [-0.05, 0) is 62.2 Å². The van der Waals surface area contributed by atoms with Crippen LogP contribution >= 0.6 is 0 Å². The molecule has 1 saturated heterocycles. The van der Waals surface area contributed by atoms with Gasteiger partial charge in [-0.1, -0.05) is 30.3 Å². The first-order valence-electron chi connectivity index (χ1n) is 10.3. The highest BCUT2D eigenvalue weighted by molar-refractivity contribution is 5.78. The van der Waals surface area contributed by atoms with Gasteiger partial charge in [0, 0.05) is 18.0 Å². The maximum absolute atomic E-state index is 13.1. The quantitative estimate of drug-likeness (QED) is 0.649. The van der Waals surface area contributed by atoms with Crippen LogP contribution in [0, 0.1) is 5.82 Å². The second-order valence-electron chi connectivity index (χ2n) is 7.59. The van der Waals surface area contributed by atoms with Crippen molar-refractivity contribution in [3.63, 3.8) is 0 Å². The van der Waals surface area contributed by atoms with Crippen molar-refractivity contribution in [2.24, 2.45) is 0 Å². The average molecular weight is 408 g/mol. The third kappa shape index (κ3) is 5.30. The molecule has 156 valence electrons. The predicted molar refractivity (Wildman–Crippen MR) is 111 cm³/mol. The smallest absolute Gasteiger partial charge is 0.247 e. The fourth-order valence-electron chi connectivity index (χ4n) is 3.70. The molecule has 2 heterocycles. The Hall–Kier alpha value is -3.06. The van der Waals surface area contributed by atoms with Crippen LogP contribution in [-0.4, -0.2) is 47.2 Å². The van der Waals surface area contributed by atoms with E-state index in [4.69, 9.17) is 4.42 Å². The fourth-order valence-corrected chi connectivity index (χ4v) is 3.70. The van der Waals surface area contributed by atoms with Gasteiger partial charge in [0.1, 0.15) is 5.82 Å². The normalized spacial score (nSPS) is 15.2. The molecule has 0 spiro atoms. The molecule has 0 unspecified atom stereocenters. The van der Waals surface area contributed by atoms with Gasteiger partial charge in [-0.25, -0.2) is 4.39 Å². The number of carbonyl (C=O) groups excluding carboxylic acids is 1. The standard InChI is InChI=1S/C23H25FN4O2/c24-20-8-6-18(7-9-20)22-26-27-23(30-22)19-11-14-28(15-12-19)16-21(29)25-13-10-17-4-2-1-3-5-17/h1-9,19H,10-16H2,(H,25,29). The van der Waals surface area contributed by atoms with Crippen LogP contribution in [0.1, 0.15) is 30.2 Å². The number of aromatic nitrogens is 2. The number of rotatable bonds is 7. The van der Waals surface area contributed by atoms with E-state index in [2.05, 4.69) is 32.5 Å². The molecular formula is C23H25FN4O2. The molecule has 1 fully saturated rings. The molecule has 0 radical (unpaired) electrons. The van der Waals surface area contributed by atoms with Crippen molar-refractivity contribution in [3.05, 3.63) is 71.9 Å². The zero-order valence-corrected chi connectivity index (χ0v) is 16.8. The van der Waals surface area contributed by atoms with E-state index < -0.39 is 0 Å². The van der Waals surface area contributed by atoms with Crippen LogP contribution in [0.4, 0.5) is 4.39 Å². The van der Waals surface area contributed by atoms with E-state index in [0.717, 1.165) is 32.4 Å². The third-order valence-electron chi connectivity index (χ3n) is 5.41. The number of nitrogens with zero attached hydrogens (tertiary/aromatic N) is 3. The molecule has 4 rings (SSSR count). The second kappa shape index (κ2) is 9.63. The van der Waals surface area contributed by atoms with Crippen molar-refractivity contribution >= 4 is 5.91 Å². The fraction of sp³-hybridized carbons (Fsp3) is 0.348. The maximum atomic E-state index is 13.1. The van der Waals surface area contributed by atoms with E-state index in [9.17, 15) is 9.18 Å². The van der Waals surface area contributed by atoms with Crippen molar-refractivity contribution in [1.29, 1.82) is 0 Å². The van der Waals surface area contributed by atoms with Gasteiger partial charge in [0.05, 0.1) is 6.54 Å². The lowest BCUT2D eigenvalue weighted by Gasteiger charge is -2.29. The summed E-state index contributed by atoms with van der Waals surface area (Å²) in [5, 5.41) is 11.3. The van der Waals surface area contributed by atoms with Crippen molar-refractivity contribution < 1.29 is 13.6 Å². The van der Waals surface area contributed by atoms with Crippen LogP contribution in [0.5, 0.6) is 0 Å². The molecule has 1 aliphatic heterocycles. The van der Waals surface area contributed by atoms with Crippen LogP contribution in [-0.2, 0) is 11.2 Å². The number of amides is 1. The van der Waals surface area contributed by atoms with Crippen molar-refractivity contribution in [1.82, 2.24) is 20.4 Å². The predicted octanol–water partition coefficient (Wildman–Crippen LogP) is 3.41. The number of halogens is 1. The topological polar surface area (TPSA) is 71.3 Å². The van der Waals surface area contributed by atoms with Crippen molar-refractivity contribution in [2.75, 3.05) is 26.2 Å². The average Bonchev–Trinajstić information content (AvgIpc) is 3.26. The molecule has 6 nitrogen and oxygen atoms in total. The molecule has 1 N–H and O–H groups in total. The van der Waals surface area contributed by atoms with Crippen LogP contribution in [0.25, 0.3) is 11.5 Å². The third-order valence-corrected chi connectivity index (χ3v) is 5.41. The Morgan fingerprint density at radius 1 is 1.07 bits per heavy atom. The first-order valence-corrected chi connectivity index (χ1v) is 10.3. The van der Waals surface area contributed by atoms with E-state index in [1.165, 1.54) is 17.7 Å². The molecule has 30 heavy (non-hydrogen) atoms. The monoisotopic (exact) mass is 408 g/mol. The summed E-state index contributed by atoms with van der Waals surface area (Å²) in [4.78, 5) is 14.4. The summed E-state index contributed by atoms with van der Waals surface area (Å²) < 4.78 is 18.9. The highest BCUT2D eigenvalue weighted by Gasteiger charge is 2.26. The number of likely N-dealkylation sites (tertiary alicyclic amines) is 1. The number of carbonyl (C=O) groups is 1. The Kier molecular flexibility index (Phi) is 6.49. The van der Waals surface area contributed by atoms with Gasteiger partial charge in [0.15, 0.2) is 0 Å². The molecule has 1 aromatic heterocycles. The van der Waals surface area contributed by atoms with Gasteiger partial charge in [-0.15, -0.1) is 10.2 Å². The van der Waals surface area contributed by atoms with Gasteiger partial charge in [0.2, 0.25) is 17.7 Å².